The van der Waals surface area contributed by atoms with Crippen molar-refractivity contribution in [3.05, 3.63) is 65.5 Å². The molecule has 0 fully saturated rings. The number of benzene rings is 1. The maximum atomic E-state index is 13.1. The molecule has 1 aromatic carbocycles. The molecule has 19 heavy (non-hydrogen) atoms. The molecular weight excluding hydrogens is 250 g/mol. The van der Waals surface area contributed by atoms with E-state index in [0.717, 1.165) is 12.1 Å². The maximum absolute atomic E-state index is 13.1. The lowest BCUT2D eigenvalue weighted by molar-refractivity contribution is 0.0978. The van der Waals surface area contributed by atoms with Crippen molar-refractivity contribution in [1.82, 2.24) is 4.98 Å². The van der Waals surface area contributed by atoms with E-state index in [0.29, 0.717) is 6.07 Å². The van der Waals surface area contributed by atoms with E-state index < -0.39 is 23.3 Å². The summed E-state index contributed by atoms with van der Waals surface area (Å²) >= 11 is 0. The molecule has 3 nitrogen and oxygen atoms in total. The Labute approximate surface area is 108 Å². The molecule has 0 amide bonds. The Hall–Kier alpha value is -2.61. The van der Waals surface area contributed by atoms with Crippen LogP contribution in [0.5, 0.6) is 0 Å². The van der Waals surface area contributed by atoms with Crippen molar-refractivity contribution < 1.29 is 13.6 Å². The second-order valence-electron chi connectivity index (χ2n) is 3.87. The van der Waals surface area contributed by atoms with Gasteiger partial charge in [0.15, 0.2) is 5.78 Å². The van der Waals surface area contributed by atoms with Crippen LogP contribution in [0.1, 0.15) is 21.8 Å². The zero-order valence-electron chi connectivity index (χ0n) is 9.68. The molecular formula is C14H8F2N2O. The molecule has 1 atom stereocenters. The van der Waals surface area contributed by atoms with E-state index in [-0.39, 0.29) is 11.1 Å². The van der Waals surface area contributed by atoms with Gasteiger partial charge in [0.25, 0.3) is 0 Å². The van der Waals surface area contributed by atoms with Crippen LogP contribution < -0.4 is 0 Å². The van der Waals surface area contributed by atoms with Crippen molar-refractivity contribution in [1.29, 1.82) is 5.26 Å². The highest BCUT2D eigenvalue weighted by Crippen LogP contribution is 2.22. The number of Topliss-reactive ketones (excluding diaryl/α,β-unsaturated/α-hetero) is 1. The van der Waals surface area contributed by atoms with Gasteiger partial charge in [0, 0.05) is 24.0 Å². The third kappa shape index (κ3) is 2.80. The van der Waals surface area contributed by atoms with E-state index in [9.17, 15) is 13.6 Å². The van der Waals surface area contributed by atoms with Crippen LogP contribution in [0, 0.1) is 23.0 Å². The zero-order chi connectivity index (χ0) is 13.8. The molecule has 0 saturated heterocycles. The minimum atomic E-state index is -1.26. The normalized spacial score (nSPS) is 11.6. The third-order valence-corrected chi connectivity index (χ3v) is 2.56. The molecule has 0 N–H and O–H groups in total. The van der Waals surface area contributed by atoms with Gasteiger partial charge < -0.3 is 0 Å². The predicted octanol–water partition coefficient (Wildman–Crippen LogP) is 2.85. The van der Waals surface area contributed by atoms with Gasteiger partial charge in [-0.3, -0.25) is 9.78 Å². The number of carbonyl (C=O) groups is 1. The van der Waals surface area contributed by atoms with E-state index in [1.54, 1.807) is 12.1 Å². The van der Waals surface area contributed by atoms with E-state index >= 15 is 0 Å². The van der Waals surface area contributed by atoms with Gasteiger partial charge in [0.2, 0.25) is 0 Å². The average molecular weight is 258 g/mol. The first kappa shape index (κ1) is 12.8. The fraction of sp³-hybridized carbons (Fsp3) is 0.0714. The van der Waals surface area contributed by atoms with Crippen LogP contribution in [0.2, 0.25) is 0 Å². The maximum Gasteiger partial charge on any atom is 0.186 e. The summed E-state index contributed by atoms with van der Waals surface area (Å²) in [7, 11) is 0. The van der Waals surface area contributed by atoms with Gasteiger partial charge in [-0.25, -0.2) is 8.78 Å². The molecule has 94 valence electrons. The van der Waals surface area contributed by atoms with E-state index in [1.165, 1.54) is 18.5 Å². The number of carbonyl (C=O) groups excluding carboxylic acids is 1. The lowest BCUT2D eigenvalue weighted by Gasteiger charge is -2.08. The van der Waals surface area contributed by atoms with E-state index in [2.05, 4.69) is 4.98 Å². The molecule has 2 rings (SSSR count). The van der Waals surface area contributed by atoms with Crippen molar-refractivity contribution in [3.8, 4) is 6.07 Å². The fourth-order valence-electron chi connectivity index (χ4n) is 1.70. The molecule has 5 heteroatoms. The van der Waals surface area contributed by atoms with Gasteiger partial charge in [-0.05, 0) is 29.8 Å². The van der Waals surface area contributed by atoms with Crippen molar-refractivity contribution in [2.75, 3.05) is 0 Å². The topological polar surface area (TPSA) is 53.8 Å². The Kier molecular flexibility index (Phi) is 3.62. The first-order chi connectivity index (χ1) is 9.11. The predicted molar refractivity (Wildman–Crippen MR) is 63.3 cm³/mol. The SMILES string of the molecule is N#CC(C(=O)c1cccnc1)c1cc(F)cc(F)c1. The van der Waals surface area contributed by atoms with Crippen LogP contribution in [0.3, 0.4) is 0 Å². The smallest absolute Gasteiger partial charge is 0.186 e. The number of halogens is 2. The summed E-state index contributed by atoms with van der Waals surface area (Å²) in [6.07, 6.45) is 2.79. The number of aromatic nitrogens is 1. The Morgan fingerprint density at radius 1 is 1.26 bits per heavy atom. The number of pyridine rings is 1. The number of ketones is 1. The Morgan fingerprint density at radius 3 is 2.47 bits per heavy atom. The second-order valence-corrected chi connectivity index (χ2v) is 3.87. The lowest BCUT2D eigenvalue weighted by atomic mass is 9.92. The molecule has 0 spiro atoms. The molecule has 0 aliphatic rings. The van der Waals surface area contributed by atoms with Gasteiger partial charge >= 0.3 is 0 Å². The summed E-state index contributed by atoms with van der Waals surface area (Å²) < 4.78 is 26.2. The summed E-state index contributed by atoms with van der Waals surface area (Å²) in [5, 5.41) is 9.06. The highest BCUT2D eigenvalue weighted by atomic mass is 19.1. The van der Waals surface area contributed by atoms with E-state index in [1.807, 2.05) is 0 Å². The van der Waals surface area contributed by atoms with Gasteiger partial charge in [-0.2, -0.15) is 5.26 Å². The summed E-state index contributed by atoms with van der Waals surface area (Å²) in [5.41, 5.74) is 0.215. The van der Waals surface area contributed by atoms with E-state index in [4.69, 9.17) is 5.26 Å². The largest absolute Gasteiger partial charge is 0.292 e. The Balaban J connectivity index is 2.41. The van der Waals surface area contributed by atoms with Crippen molar-refractivity contribution in [3.63, 3.8) is 0 Å². The molecule has 1 unspecified atom stereocenters. The van der Waals surface area contributed by atoms with Crippen LogP contribution >= 0.6 is 0 Å². The third-order valence-electron chi connectivity index (χ3n) is 2.56. The summed E-state index contributed by atoms with van der Waals surface area (Å²) in [6.45, 7) is 0. The van der Waals surface area contributed by atoms with Crippen LogP contribution in [0.4, 0.5) is 8.78 Å². The number of hydrogen-bond acceptors (Lipinski definition) is 3. The summed E-state index contributed by atoms with van der Waals surface area (Å²) in [6, 6.07) is 7.45. The molecule has 1 heterocycles. The molecule has 1 aromatic heterocycles. The number of hydrogen-bond donors (Lipinski definition) is 0. The highest BCUT2D eigenvalue weighted by Gasteiger charge is 2.23. The summed E-state index contributed by atoms with van der Waals surface area (Å²) in [4.78, 5) is 15.9. The van der Waals surface area contributed by atoms with Crippen LogP contribution in [-0.4, -0.2) is 10.8 Å². The number of rotatable bonds is 3. The fourth-order valence-corrected chi connectivity index (χ4v) is 1.70. The van der Waals surface area contributed by atoms with Crippen molar-refractivity contribution >= 4 is 5.78 Å². The lowest BCUT2D eigenvalue weighted by Crippen LogP contribution is -2.12. The molecule has 2 aromatic rings. The number of nitrogens with zero attached hydrogens (tertiary/aromatic N) is 2. The minimum absolute atomic E-state index is 0.00569. The molecule has 0 radical (unpaired) electrons. The monoisotopic (exact) mass is 258 g/mol. The van der Waals surface area contributed by atoms with Gasteiger partial charge in [-0.1, -0.05) is 0 Å². The average Bonchev–Trinajstić information content (AvgIpc) is 2.39. The number of nitriles is 1. The minimum Gasteiger partial charge on any atom is -0.292 e. The van der Waals surface area contributed by atoms with Crippen molar-refractivity contribution in [2.45, 2.75) is 5.92 Å². The first-order valence-electron chi connectivity index (χ1n) is 5.41. The molecule has 0 aliphatic heterocycles. The summed E-state index contributed by atoms with van der Waals surface area (Å²) in [5.74, 6) is -3.45. The van der Waals surface area contributed by atoms with Crippen LogP contribution in [0.15, 0.2) is 42.7 Å². The quantitative estimate of drug-likeness (QED) is 0.795. The standard InChI is InChI=1S/C14H8F2N2O/c15-11-4-10(5-12(16)6-11)13(7-17)14(19)9-2-1-3-18-8-9/h1-6,8,13H. The van der Waals surface area contributed by atoms with Gasteiger partial charge in [0.1, 0.15) is 17.6 Å². The highest BCUT2D eigenvalue weighted by molar-refractivity contribution is 6.02. The van der Waals surface area contributed by atoms with Crippen LogP contribution in [0.25, 0.3) is 0 Å². The van der Waals surface area contributed by atoms with Crippen molar-refractivity contribution in [2.24, 2.45) is 0 Å². The van der Waals surface area contributed by atoms with Gasteiger partial charge in [-0.15, -0.1) is 0 Å². The Morgan fingerprint density at radius 2 is 1.95 bits per heavy atom. The Bertz CT molecular complexity index is 630. The van der Waals surface area contributed by atoms with Crippen LogP contribution in [-0.2, 0) is 0 Å². The molecule has 0 saturated carbocycles. The molecule has 0 aliphatic carbocycles. The zero-order valence-corrected chi connectivity index (χ0v) is 9.68. The molecule has 0 bridgehead atoms. The van der Waals surface area contributed by atoms with Gasteiger partial charge in [0.05, 0.1) is 6.07 Å². The second kappa shape index (κ2) is 5.36. The first-order valence-corrected chi connectivity index (χ1v) is 5.41.